The zero-order valence-corrected chi connectivity index (χ0v) is 11.3. The molecule has 1 aromatic rings. The molecule has 1 heterocycles. The number of thioether (sulfide) groups is 1. The lowest BCUT2D eigenvalue weighted by molar-refractivity contribution is -0.392. The van der Waals surface area contributed by atoms with Gasteiger partial charge in [0.15, 0.2) is 5.82 Å². The molecule has 0 aliphatic carbocycles. The smallest absolute Gasteiger partial charge is 0.342 e. The number of nitro groups is 1. The van der Waals surface area contributed by atoms with Crippen LogP contribution in [0.4, 0.5) is 5.82 Å². The van der Waals surface area contributed by atoms with Crippen LogP contribution in [0.15, 0.2) is 6.20 Å². The van der Waals surface area contributed by atoms with Crippen LogP contribution < -0.4 is 5.73 Å². The molecule has 0 fully saturated rings. The maximum atomic E-state index is 10.7. The molecule has 9 heteroatoms. The topological polar surface area (TPSA) is 124 Å². The molecule has 1 atom stereocenters. The third-order valence-corrected chi connectivity index (χ3v) is 3.57. The Kier molecular flexibility index (Phi) is 5.77. The molecule has 0 radical (unpaired) electrons. The predicted octanol–water partition coefficient (Wildman–Crippen LogP) is 0.635. The number of carbonyl (C=O) groups is 1. The highest BCUT2D eigenvalue weighted by Crippen LogP contribution is 2.15. The average Bonchev–Trinajstić information content (AvgIpc) is 2.70. The van der Waals surface area contributed by atoms with Crippen LogP contribution in [0.2, 0.25) is 0 Å². The molecule has 1 rings (SSSR count). The Hall–Kier alpha value is -1.61. The van der Waals surface area contributed by atoms with Gasteiger partial charge in [0.25, 0.3) is 0 Å². The van der Waals surface area contributed by atoms with Gasteiger partial charge in [-0.25, -0.2) is 9.55 Å². The summed E-state index contributed by atoms with van der Waals surface area (Å²) in [6.07, 6.45) is 1.62. The SMILES string of the molecule is Cc1ncc([N+](=O)[O-])n1CCSCCC(N)C(=O)O. The number of rotatable bonds is 8. The van der Waals surface area contributed by atoms with E-state index in [1.54, 1.807) is 6.92 Å². The lowest BCUT2D eigenvalue weighted by Gasteiger charge is -2.06. The van der Waals surface area contributed by atoms with Crippen LogP contribution in [-0.2, 0) is 11.3 Å². The maximum absolute atomic E-state index is 10.7. The van der Waals surface area contributed by atoms with Gasteiger partial charge in [-0.15, -0.1) is 0 Å². The van der Waals surface area contributed by atoms with Crippen LogP contribution in [0, 0.1) is 17.0 Å². The molecular weight excluding hydrogens is 272 g/mol. The fourth-order valence-corrected chi connectivity index (χ4v) is 2.41. The fourth-order valence-electron chi connectivity index (χ4n) is 1.47. The molecule has 1 aromatic heterocycles. The lowest BCUT2D eigenvalue weighted by atomic mass is 10.2. The van der Waals surface area contributed by atoms with Crippen molar-refractivity contribution < 1.29 is 14.8 Å². The Labute approximate surface area is 114 Å². The van der Waals surface area contributed by atoms with Crippen LogP contribution in [0.25, 0.3) is 0 Å². The Balaban J connectivity index is 2.36. The summed E-state index contributed by atoms with van der Waals surface area (Å²) in [6.45, 7) is 2.17. The molecule has 1 unspecified atom stereocenters. The van der Waals surface area contributed by atoms with Gasteiger partial charge >= 0.3 is 11.8 Å². The van der Waals surface area contributed by atoms with E-state index in [4.69, 9.17) is 10.8 Å². The van der Waals surface area contributed by atoms with Crippen molar-refractivity contribution in [3.8, 4) is 0 Å². The van der Waals surface area contributed by atoms with Crippen LogP contribution in [0.5, 0.6) is 0 Å². The summed E-state index contributed by atoms with van der Waals surface area (Å²) in [4.78, 5) is 24.7. The van der Waals surface area contributed by atoms with Crippen LogP contribution in [-0.4, -0.2) is 43.1 Å². The molecule has 8 nitrogen and oxygen atoms in total. The van der Waals surface area contributed by atoms with Crippen molar-refractivity contribution in [3.63, 3.8) is 0 Å². The molecule has 106 valence electrons. The molecule has 3 N–H and O–H groups in total. The van der Waals surface area contributed by atoms with Crippen molar-refractivity contribution in [2.45, 2.75) is 25.9 Å². The molecule has 0 aromatic carbocycles. The van der Waals surface area contributed by atoms with Crippen LogP contribution in [0.1, 0.15) is 12.2 Å². The van der Waals surface area contributed by atoms with Crippen molar-refractivity contribution >= 4 is 23.5 Å². The largest absolute Gasteiger partial charge is 0.480 e. The molecule has 0 saturated carbocycles. The van der Waals surface area contributed by atoms with E-state index in [-0.39, 0.29) is 5.82 Å². The Morgan fingerprint density at radius 2 is 2.37 bits per heavy atom. The van der Waals surface area contributed by atoms with E-state index in [2.05, 4.69) is 4.98 Å². The van der Waals surface area contributed by atoms with Gasteiger partial charge in [0.1, 0.15) is 18.8 Å². The van der Waals surface area contributed by atoms with Gasteiger partial charge in [0.05, 0.1) is 0 Å². The second-order valence-corrected chi connectivity index (χ2v) is 5.14. The number of aryl methyl sites for hydroxylation is 1. The monoisotopic (exact) mass is 288 g/mol. The highest BCUT2D eigenvalue weighted by molar-refractivity contribution is 7.99. The first kappa shape index (κ1) is 15.4. The minimum Gasteiger partial charge on any atom is -0.480 e. The summed E-state index contributed by atoms with van der Waals surface area (Å²) in [7, 11) is 0. The zero-order chi connectivity index (χ0) is 14.4. The summed E-state index contributed by atoms with van der Waals surface area (Å²) in [6, 6.07) is -0.850. The standard InChI is InChI=1S/C10H16N4O4S/c1-7-12-6-9(14(17)18)13(7)3-5-19-4-2-8(11)10(15)16/h6,8H,2-5,11H2,1H3,(H,15,16). The molecule has 0 aliphatic rings. The van der Waals surface area contributed by atoms with Crippen LogP contribution >= 0.6 is 11.8 Å². The lowest BCUT2D eigenvalue weighted by Crippen LogP contribution is -2.30. The zero-order valence-electron chi connectivity index (χ0n) is 10.5. The van der Waals surface area contributed by atoms with E-state index >= 15 is 0 Å². The van der Waals surface area contributed by atoms with E-state index in [1.165, 1.54) is 22.5 Å². The quantitative estimate of drug-likeness (QED) is 0.408. The first-order chi connectivity index (χ1) is 8.93. The Morgan fingerprint density at radius 1 is 1.68 bits per heavy atom. The number of imidazole rings is 1. The second kappa shape index (κ2) is 7.10. The molecule has 0 spiro atoms. The summed E-state index contributed by atoms with van der Waals surface area (Å²) in [5.74, 6) is 0.802. The minimum atomic E-state index is -1.01. The molecule has 0 saturated heterocycles. The summed E-state index contributed by atoms with van der Waals surface area (Å²) >= 11 is 1.51. The number of hydrogen-bond acceptors (Lipinski definition) is 6. The van der Waals surface area contributed by atoms with E-state index < -0.39 is 16.9 Å². The van der Waals surface area contributed by atoms with Crippen molar-refractivity contribution in [3.05, 3.63) is 22.1 Å². The van der Waals surface area contributed by atoms with Gasteiger partial charge in [-0.05, 0) is 17.1 Å². The van der Waals surface area contributed by atoms with E-state index in [0.29, 0.717) is 30.3 Å². The van der Waals surface area contributed by atoms with Crippen molar-refractivity contribution in [1.29, 1.82) is 0 Å². The van der Waals surface area contributed by atoms with Gasteiger partial charge in [-0.1, -0.05) is 0 Å². The van der Waals surface area contributed by atoms with Gasteiger partial charge in [-0.3, -0.25) is 4.79 Å². The van der Waals surface area contributed by atoms with Crippen molar-refractivity contribution in [2.75, 3.05) is 11.5 Å². The first-order valence-electron chi connectivity index (χ1n) is 5.66. The number of nitrogens with zero attached hydrogens (tertiary/aromatic N) is 3. The summed E-state index contributed by atoms with van der Waals surface area (Å²) in [5, 5.41) is 19.3. The number of hydrogen-bond donors (Lipinski definition) is 2. The van der Waals surface area contributed by atoms with Gasteiger partial charge < -0.3 is 21.0 Å². The van der Waals surface area contributed by atoms with Gasteiger partial charge in [-0.2, -0.15) is 11.8 Å². The first-order valence-corrected chi connectivity index (χ1v) is 6.81. The number of aliphatic carboxylic acids is 1. The highest BCUT2D eigenvalue weighted by atomic mass is 32.2. The minimum absolute atomic E-state index is 0.0275. The number of carboxylic acid groups (broad SMARTS) is 1. The number of carboxylic acids is 1. The van der Waals surface area contributed by atoms with Gasteiger partial charge in [0.2, 0.25) is 0 Å². The summed E-state index contributed by atoms with van der Waals surface area (Å²) < 4.78 is 1.53. The fraction of sp³-hybridized carbons (Fsp3) is 0.600. The highest BCUT2D eigenvalue weighted by Gasteiger charge is 2.17. The second-order valence-electron chi connectivity index (χ2n) is 3.92. The average molecular weight is 288 g/mol. The normalized spacial score (nSPS) is 12.3. The predicted molar refractivity (Wildman–Crippen MR) is 71.2 cm³/mol. The third-order valence-electron chi connectivity index (χ3n) is 2.57. The number of aromatic nitrogens is 2. The maximum Gasteiger partial charge on any atom is 0.342 e. The van der Waals surface area contributed by atoms with Crippen molar-refractivity contribution in [1.82, 2.24) is 9.55 Å². The van der Waals surface area contributed by atoms with Crippen LogP contribution in [0.3, 0.4) is 0 Å². The molecule has 19 heavy (non-hydrogen) atoms. The molecule has 0 bridgehead atoms. The van der Waals surface area contributed by atoms with E-state index in [9.17, 15) is 14.9 Å². The number of nitrogens with two attached hydrogens (primary N) is 1. The molecule has 0 amide bonds. The van der Waals surface area contributed by atoms with Gasteiger partial charge in [0, 0.05) is 12.7 Å². The van der Waals surface area contributed by atoms with E-state index in [1.807, 2.05) is 0 Å². The summed E-state index contributed by atoms with van der Waals surface area (Å²) in [5.41, 5.74) is 5.36. The Morgan fingerprint density at radius 3 is 2.95 bits per heavy atom. The molecular formula is C10H16N4O4S. The van der Waals surface area contributed by atoms with Crippen molar-refractivity contribution in [2.24, 2.45) is 5.73 Å². The third kappa shape index (κ3) is 4.52. The Bertz CT molecular complexity index is 462. The van der Waals surface area contributed by atoms with E-state index in [0.717, 1.165) is 0 Å². The molecule has 0 aliphatic heterocycles.